The number of nitrogens with zero attached hydrogens (tertiary/aromatic N) is 2. The minimum atomic E-state index is 0.181. The molecule has 0 amide bonds. The van der Waals surface area contributed by atoms with E-state index in [9.17, 15) is 0 Å². The fourth-order valence-corrected chi connectivity index (χ4v) is 6.58. The number of rotatable bonds is 2. The molecule has 2 atom stereocenters. The number of hydrogen-bond donors (Lipinski definition) is 2. The number of anilines is 1. The molecule has 2 unspecified atom stereocenters. The molecule has 0 aromatic carbocycles. The van der Waals surface area contributed by atoms with E-state index in [4.69, 9.17) is 15.8 Å². The van der Waals surface area contributed by atoms with E-state index in [1.54, 1.807) is 0 Å². The van der Waals surface area contributed by atoms with E-state index in [0.29, 0.717) is 10.8 Å². The summed E-state index contributed by atoms with van der Waals surface area (Å²) in [6, 6.07) is 1.92. The van der Waals surface area contributed by atoms with Gasteiger partial charge in [-0.2, -0.15) is 0 Å². The van der Waals surface area contributed by atoms with Crippen molar-refractivity contribution < 1.29 is 0 Å². The Bertz CT molecular complexity index is 578. The predicted molar refractivity (Wildman–Crippen MR) is 83.7 cm³/mol. The summed E-state index contributed by atoms with van der Waals surface area (Å²) in [6.07, 6.45) is 7.95. The monoisotopic (exact) mass is 286 g/mol. The Morgan fingerprint density at radius 2 is 1.76 bits per heavy atom. The molecule has 21 heavy (non-hydrogen) atoms. The van der Waals surface area contributed by atoms with Crippen molar-refractivity contribution in [1.82, 2.24) is 9.97 Å². The molecule has 0 aliphatic heterocycles. The molecule has 4 bridgehead atoms. The Kier molecular flexibility index (Phi) is 2.56. The standard InChI is InChI=1S/C17H26N4/c1-11-4-13(21-18)20-14(19-11)17-7-12-5-15(2,9-17)8-16(3,6-12)10-17/h4,12H,5-10,18H2,1-3H3,(H,19,20,21). The van der Waals surface area contributed by atoms with Crippen LogP contribution in [0.1, 0.15) is 63.9 Å². The Morgan fingerprint density at radius 1 is 1.10 bits per heavy atom. The van der Waals surface area contributed by atoms with Gasteiger partial charge in [0.15, 0.2) is 0 Å². The normalized spacial score (nSPS) is 44.1. The van der Waals surface area contributed by atoms with Crippen molar-refractivity contribution in [2.45, 2.75) is 64.7 Å². The summed E-state index contributed by atoms with van der Waals surface area (Å²) >= 11 is 0. The Labute approximate surface area is 126 Å². The van der Waals surface area contributed by atoms with Gasteiger partial charge in [0.25, 0.3) is 0 Å². The SMILES string of the molecule is Cc1cc(NN)nc(C23CC4CC(C)(CC(C)(C4)C2)C3)n1. The zero-order valence-electron chi connectivity index (χ0n) is 13.4. The summed E-state index contributed by atoms with van der Waals surface area (Å²) in [7, 11) is 0. The second kappa shape index (κ2) is 3.97. The first kappa shape index (κ1) is 13.5. The molecule has 0 spiro atoms. The van der Waals surface area contributed by atoms with Crippen LogP contribution in [0, 0.1) is 23.7 Å². The maximum Gasteiger partial charge on any atom is 0.143 e. The topological polar surface area (TPSA) is 63.8 Å². The van der Waals surface area contributed by atoms with Crippen LogP contribution >= 0.6 is 0 Å². The number of nitrogens with one attached hydrogen (secondary N) is 1. The van der Waals surface area contributed by atoms with Gasteiger partial charge in [-0.25, -0.2) is 15.8 Å². The van der Waals surface area contributed by atoms with Crippen LogP contribution in [0.2, 0.25) is 0 Å². The van der Waals surface area contributed by atoms with Crippen molar-refractivity contribution in [3.05, 3.63) is 17.6 Å². The molecule has 5 rings (SSSR count). The second-order valence-electron chi connectivity index (χ2n) is 8.77. The number of hydrogen-bond acceptors (Lipinski definition) is 4. The number of nitrogen functional groups attached to an aromatic ring is 1. The highest BCUT2D eigenvalue weighted by Gasteiger charge is 2.61. The first-order valence-corrected chi connectivity index (χ1v) is 8.17. The van der Waals surface area contributed by atoms with Crippen molar-refractivity contribution in [3.63, 3.8) is 0 Å². The van der Waals surface area contributed by atoms with Crippen LogP contribution in [-0.2, 0) is 5.41 Å². The minimum absolute atomic E-state index is 0.181. The average molecular weight is 286 g/mol. The average Bonchev–Trinajstić information content (AvgIpc) is 2.33. The summed E-state index contributed by atoms with van der Waals surface area (Å²) in [6.45, 7) is 7.01. The van der Waals surface area contributed by atoms with Crippen LogP contribution in [-0.4, -0.2) is 9.97 Å². The fraction of sp³-hybridized carbons (Fsp3) is 0.765. The number of aromatic nitrogens is 2. The molecular weight excluding hydrogens is 260 g/mol. The summed E-state index contributed by atoms with van der Waals surface area (Å²) < 4.78 is 0. The molecule has 0 radical (unpaired) electrons. The number of aryl methyl sites for hydroxylation is 1. The number of nitrogens with two attached hydrogens (primary N) is 1. The molecule has 0 saturated heterocycles. The summed E-state index contributed by atoms with van der Waals surface area (Å²) in [4.78, 5) is 9.58. The Hall–Kier alpha value is -1.16. The lowest BCUT2D eigenvalue weighted by Crippen LogP contribution is -2.57. The molecule has 4 aliphatic rings. The van der Waals surface area contributed by atoms with Crippen molar-refractivity contribution in [2.24, 2.45) is 22.6 Å². The van der Waals surface area contributed by atoms with Crippen molar-refractivity contribution >= 4 is 5.82 Å². The van der Waals surface area contributed by atoms with Crippen LogP contribution in [0.3, 0.4) is 0 Å². The molecule has 114 valence electrons. The molecule has 3 N–H and O–H groups in total. The first-order chi connectivity index (χ1) is 9.84. The zero-order valence-corrected chi connectivity index (χ0v) is 13.4. The van der Waals surface area contributed by atoms with Gasteiger partial charge in [-0.3, -0.25) is 0 Å². The van der Waals surface area contributed by atoms with Gasteiger partial charge < -0.3 is 5.43 Å². The van der Waals surface area contributed by atoms with Gasteiger partial charge in [0, 0.05) is 17.2 Å². The lowest BCUT2D eigenvalue weighted by Gasteiger charge is -2.64. The van der Waals surface area contributed by atoms with E-state index in [1.807, 2.05) is 13.0 Å². The lowest BCUT2D eigenvalue weighted by molar-refractivity contribution is -0.112. The van der Waals surface area contributed by atoms with Gasteiger partial charge in [0.2, 0.25) is 0 Å². The first-order valence-electron chi connectivity index (χ1n) is 8.17. The van der Waals surface area contributed by atoms with Gasteiger partial charge in [-0.15, -0.1) is 0 Å². The Morgan fingerprint density at radius 3 is 2.33 bits per heavy atom. The molecular formula is C17H26N4. The van der Waals surface area contributed by atoms with Crippen molar-refractivity contribution in [3.8, 4) is 0 Å². The van der Waals surface area contributed by atoms with E-state index < -0.39 is 0 Å². The van der Waals surface area contributed by atoms with Crippen molar-refractivity contribution in [2.75, 3.05) is 5.43 Å². The van der Waals surface area contributed by atoms with Gasteiger partial charge in [-0.05, 0) is 62.2 Å². The zero-order chi connectivity index (χ0) is 14.9. The van der Waals surface area contributed by atoms with E-state index in [2.05, 4.69) is 19.3 Å². The minimum Gasteiger partial charge on any atom is -0.308 e. The smallest absolute Gasteiger partial charge is 0.143 e. The van der Waals surface area contributed by atoms with Crippen molar-refractivity contribution in [1.29, 1.82) is 0 Å². The molecule has 4 saturated carbocycles. The van der Waals surface area contributed by atoms with Gasteiger partial charge in [0.1, 0.15) is 11.6 Å². The summed E-state index contributed by atoms with van der Waals surface area (Å²) in [5, 5.41) is 0. The van der Waals surface area contributed by atoms with Crippen LogP contribution in [0.5, 0.6) is 0 Å². The van der Waals surface area contributed by atoms with Gasteiger partial charge >= 0.3 is 0 Å². The molecule has 1 heterocycles. The fourth-order valence-electron chi connectivity index (χ4n) is 6.58. The van der Waals surface area contributed by atoms with Gasteiger partial charge in [-0.1, -0.05) is 13.8 Å². The highest BCUT2D eigenvalue weighted by Crippen LogP contribution is 2.69. The van der Waals surface area contributed by atoms with E-state index in [0.717, 1.165) is 23.3 Å². The third kappa shape index (κ3) is 1.99. The quantitative estimate of drug-likeness (QED) is 0.646. The molecule has 1 aromatic rings. The van der Waals surface area contributed by atoms with Gasteiger partial charge in [0.05, 0.1) is 0 Å². The third-order valence-corrected chi connectivity index (χ3v) is 6.10. The molecule has 4 heteroatoms. The maximum absolute atomic E-state index is 5.59. The Balaban J connectivity index is 1.82. The highest BCUT2D eigenvalue weighted by atomic mass is 15.3. The largest absolute Gasteiger partial charge is 0.308 e. The summed E-state index contributed by atoms with van der Waals surface area (Å²) in [5.41, 5.74) is 4.87. The molecule has 4 fully saturated rings. The number of hydrazine groups is 1. The molecule has 4 nitrogen and oxygen atoms in total. The van der Waals surface area contributed by atoms with Crippen LogP contribution in [0.25, 0.3) is 0 Å². The van der Waals surface area contributed by atoms with Crippen LogP contribution in [0.15, 0.2) is 6.07 Å². The summed E-state index contributed by atoms with van der Waals surface area (Å²) in [5.74, 6) is 8.24. The van der Waals surface area contributed by atoms with E-state index >= 15 is 0 Å². The molecule has 4 aliphatic carbocycles. The molecule has 1 aromatic heterocycles. The maximum atomic E-state index is 5.59. The van der Waals surface area contributed by atoms with E-state index in [-0.39, 0.29) is 5.41 Å². The highest BCUT2D eigenvalue weighted by molar-refractivity contribution is 5.36. The third-order valence-electron chi connectivity index (χ3n) is 6.10. The second-order valence-corrected chi connectivity index (χ2v) is 8.77. The van der Waals surface area contributed by atoms with E-state index in [1.165, 1.54) is 38.5 Å². The predicted octanol–water partition coefficient (Wildman–Crippen LogP) is 3.32. The lowest BCUT2D eigenvalue weighted by atomic mass is 9.40. The van der Waals surface area contributed by atoms with Crippen LogP contribution < -0.4 is 11.3 Å². The van der Waals surface area contributed by atoms with Crippen LogP contribution in [0.4, 0.5) is 5.82 Å².